The van der Waals surface area contributed by atoms with Crippen molar-refractivity contribution in [2.75, 3.05) is 6.61 Å². The maximum atomic E-state index is 13.5. The minimum atomic E-state index is -0.686. The molecule has 6 heteroatoms. The van der Waals surface area contributed by atoms with Crippen LogP contribution in [-0.4, -0.2) is 18.6 Å². The van der Waals surface area contributed by atoms with Crippen molar-refractivity contribution in [2.24, 2.45) is 0 Å². The van der Waals surface area contributed by atoms with Crippen LogP contribution in [0.5, 0.6) is 0 Å². The second kappa shape index (κ2) is 5.75. The number of hydrogen-bond donors (Lipinski definition) is 1. The number of nitrogens with one attached hydrogen (secondary N) is 1. The smallest absolute Gasteiger partial charge is 0.249 e. The Hall–Kier alpha value is -1.01. The SMILES string of the molecule is O=C(NCc1c(F)cc(Br)cc1F)[C@@H]1CCCO1. The van der Waals surface area contributed by atoms with Gasteiger partial charge < -0.3 is 10.1 Å². The summed E-state index contributed by atoms with van der Waals surface area (Å²) in [5, 5.41) is 2.48. The molecule has 1 atom stereocenters. The number of carbonyl (C=O) groups is 1. The van der Waals surface area contributed by atoms with Crippen molar-refractivity contribution < 1.29 is 18.3 Å². The first-order valence-electron chi connectivity index (χ1n) is 5.60. The second-order valence-electron chi connectivity index (χ2n) is 4.07. The Morgan fingerprint density at radius 1 is 1.44 bits per heavy atom. The summed E-state index contributed by atoms with van der Waals surface area (Å²) in [7, 11) is 0. The van der Waals surface area contributed by atoms with Crippen LogP contribution in [0, 0.1) is 11.6 Å². The van der Waals surface area contributed by atoms with Gasteiger partial charge in [-0.05, 0) is 25.0 Å². The van der Waals surface area contributed by atoms with E-state index in [0.717, 1.165) is 18.6 Å². The van der Waals surface area contributed by atoms with Gasteiger partial charge in [0, 0.05) is 23.2 Å². The number of carbonyl (C=O) groups excluding carboxylic acids is 1. The van der Waals surface area contributed by atoms with Crippen LogP contribution in [0.4, 0.5) is 8.78 Å². The molecular formula is C12H12BrF2NO2. The molecule has 0 unspecified atom stereocenters. The summed E-state index contributed by atoms with van der Waals surface area (Å²) in [6, 6.07) is 2.33. The lowest BCUT2D eigenvalue weighted by Gasteiger charge is -2.11. The zero-order chi connectivity index (χ0) is 13.1. The summed E-state index contributed by atoms with van der Waals surface area (Å²) < 4.78 is 32.5. The van der Waals surface area contributed by atoms with Crippen molar-refractivity contribution in [3.05, 3.63) is 33.8 Å². The summed E-state index contributed by atoms with van der Waals surface area (Å²) in [5.74, 6) is -1.70. The first-order valence-corrected chi connectivity index (χ1v) is 6.40. The summed E-state index contributed by atoms with van der Waals surface area (Å²) in [5.41, 5.74) is -0.149. The van der Waals surface area contributed by atoms with E-state index in [1.165, 1.54) is 0 Å². The molecule has 3 nitrogen and oxygen atoms in total. The van der Waals surface area contributed by atoms with Crippen LogP contribution in [0.1, 0.15) is 18.4 Å². The molecule has 0 spiro atoms. The van der Waals surface area contributed by atoms with Crippen molar-refractivity contribution >= 4 is 21.8 Å². The van der Waals surface area contributed by atoms with Gasteiger partial charge in [0.2, 0.25) is 5.91 Å². The van der Waals surface area contributed by atoms with E-state index in [1.54, 1.807) is 0 Å². The summed E-state index contributed by atoms with van der Waals surface area (Å²) in [6.45, 7) is 0.378. The van der Waals surface area contributed by atoms with E-state index >= 15 is 0 Å². The maximum Gasteiger partial charge on any atom is 0.249 e. The number of amides is 1. The van der Waals surface area contributed by atoms with Crippen LogP contribution in [-0.2, 0) is 16.1 Å². The second-order valence-corrected chi connectivity index (χ2v) is 4.98. The van der Waals surface area contributed by atoms with Gasteiger partial charge in [-0.15, -0.1) is 0 Å². The van der Waals surface area contributed by atoms with Gasteiger partial charge >= 0.3 is 0 Å². The third kappa shape index (κ3) is 3.05. The zero-order valence-corrected chi connectivity index (χ0v) is 11.1. The van der Waals surface area contributed by atoms with Gasteiger partial charge in [0.05, 0.1) is 0 Å². The molecule has 0 aromatic heterocycles. The third-order valence-electron chi connectivity index (χ3n) is 2.77. The highest BCUT2D eigenvalue weighted by atomic mass is 79.9. The first-order chi connectivity index (χ1) is 8.58. The molecule has 1 aliphatic rings. The topological polar surface area (TPSA) is 38.3 Å². The molecule has 1 N–H and O–H groups in total. The van der Waals surface area contributed by atoms with Gasteiger partial charge in [-0.25, -0.2) is 8.78 Å². The van der Waals surface area contributed by atoms with Gasteiger partial charge in [-0.1, -0.05) is 15.9 Å². The largest absolute Gasteiger partial charge is 0.368 e. The van der Waals surface area contributed by atoms with Gasteiger partial charge in [0.15, 0.2) is 0 Å². The Bertz CT molecular complexity index is 438. The lowest BCUT2D eigenvalue weighted by atomic mass is 10.2. The Kier molecular flexibility index (Phi) is 4.29. The normalized spacial score (nSPS) is 18.9. The van der Waals surface area contributed by atoms with Crippen molar-refractivity contribution in [1.29, 1.82) is 0 Å². The Balaban J connectivity index is 1.99. The Labute approximate surface area is 112 Å². The quantitative estimate of drug-likeness (QED) is 0.929. The fourth-order valence-corrected chi connectivity index (χ4v) is 2.22. The number of ether oxygens (including phenoxy) is 1. The molecule has 1 heterocycles. The van der Waals surface area contributed by atoms with E-state index in [4.69, 9.17) is 4.74 Å². The van der Waals surface area contributed by atoms with Gasteiger partial charge in [0.25, 0.3) is 0 Å². The highest BCUT2D eigenvalue weighted by Crippen LogP contribution is 2.19. The van der Waals surface area contributed by atoms with Crippen molar-refractivity contribution in [3.63, 3.8) is 0 Å². The lowest BCUT2D eigenvalue weighted by molar-refractivity contribution is -0.130. The molecule has 18 heavy (non-hydrogen) atoms. The van der Waals surface area contributed by atoms with Crippen LogP contribution >= 0.6 is 15.9 Å². The molecular weight excluding hydrogens is 308 g/mol. The fourth-order valence-electron chi connectivity index (χ4n) is 1.81. The van der Waals surface area contributed by atoms with Crippen molar-refractivity contribution in [1.82, 2.24) is 5.32 Å². The van der Waals surface area contributed by atoms with Gasteiger partial charge in [-0.3, -0.25) is 4.79 Å². The van der Waals surface area contributed by atoms with Gasteiger partial charge in [-0.2, -0.15) is 0 Å². The standard InChI is InChI=1S/C12H12BrF2NO2/c13-7-4-9(14)8(10(15)5-7)6-16-12(17)11-2-1-3-18-11/h4-5,11H,1-3,6H2,(H,16,17)/t11-/m0/s1. The van der Waals surface area contributed by atoms with Crippen LogP contribution in [0.2, 0.25) is 0 Å². The lowest BCUT2D eigenvalue weighted by Crippen LogP contribution is -2.34. The maximum absolute atomic E-state index is 13.5. The van der Waals surface area contributed by atoms with E-state index in [9.17, 15) is 13.6 Å². The summed E-state index contributed by atoms with van der Waals surface area (Å²) in [6.07, 6.45) is 0.988. The predicted molar refractivity (Wildman–Crippen MR) is 64.9 cm³/mol. The molecule has 1 aromatic rings. The monoisotopic (exact) mass is 319 g/mol. The molecule has 0 radical (unpaired) electrons. The Morgan fingerprint density at radius 3 is 2.67 bits per heavy atom. The molecule has 0 saturated carbocycles. The van der Waals surface area contributed by atoms with E-state index in [2.05, 4.69) is 21.2 Å². The molecule has 0 aliphatic carbocycles. The average molecular weight is 320 g/mol. The Morgan fingerprint density at radius 2 is 2.11 bits per heavy atom. The minimum absolute atomic E-state index is 0.149. The summed E-state index contributed by atoms with van der Waals surface area (Å²) >= 11 is 2.99. The number of rotatable bonds is 3. The third-order valence-corrected chi connectivity index (χ3v) is 3.23. The molecule has 1 saturated heterocycles. The first kappa shape index (κ1) is 13.4. The molecule has 1 amide bonds. The molecule has 2 rings (SSSR count). The van der Waals surface area contributed by atoms with Crippen LogP contribution in [0.25, 0.3) is 0 Å². The van der Waals surface area contributed by atoms with E-state index in [-0.39, 0.29) is 18.0 Å². The highest BCUT2D eigenvalue weighted by molar-refractivity contribution is 9.10. The van der Waals surface area contributed by atoms with Crippen LogP contribution in [0.15, 0.2) is 16.6 Å². The van der Waals surface area contributed by atoms with E-state index in [0.29, 0.717) is 17.5 Å². The minimum Gasteiger partial charge on any atom is -0.368 e. The molecule has 1 aromatic carbocycles. The molecule has 1 aliphatic heterocycles. The zero-order valence-electron chi connectivity index (χ0n) is 9.51. The van der Waals surface area contributed by atoms with Gasteiger partial charge in [0.1, 0.15) is 17.7 Å². The molecule has 0 bridgehead atoms. The van der Waals surface area contributed by atoms with Crippen molar-refractivity contribution in [3.8, 4) is 0 Å². The van der Waals surface area contributed by atoms with Crippen molar-refractivity contribution in [2.45, 2.75) is 25.5 Å². The predicted octanol–water partition coefficient (Wildman–Crippen LogP) is 2.52. The fraction of sp³-hybridized carbons (Fsp3) is 0.417. The highest BCUT2D eigenvalue weighted by Gasteiger charge is 2.23. The number of benzene rings is 1. The molecule has 98 valence electrons. The number of hydrogen-bond acceptors (Lipinski definition) is 2. The average Bonchev–Trinajstić information content (AvgIpc) is 2.80. The number of halogens is 3. The van der Waals surface area contributed by atoms with Crippen LogP contribution < -0.4 is 5.32 Å². The van der Waals surface area contributed by atoms with E-state index < -0.39 is 17.7 Å². The van der Waals surface area contributed by atoms with E-state index in [1.807, 2.05) is 0 Å². The van der Waals surface area contributed by atoms with Crippen LogP contribution in [0.3, 0.4) is 0 Å². The molecule has 1 fully saturated rings. The summed E-state index contributed by atoms with van der Waals surface area (Å²) in [4.78, 5) is 11.6.